The Balaban J connectivity index is 1.52. The van der Waals surface area contributed by atoms with Gasteiger partial charge in [-0.25, -0.2) is 4.98 Å². The number of hydrogen-bond donors (Lipinski definition) is 1. The SMILES string of the molecule is CNC(=O)[C@@]1(Cc2cc(C(C)C)no2)CCN(C(=O)c2ccnc(N3CCCC3)c2)C1. The Morgan fingerprint density at radius 3 is 2.68 bits per heavy atom. The molecule has 8 heteroatoms. The monoisotopic (exact) mass is 425 g/mol. The average molecular weight is 426 g/mol. The van der Waals surface area contributed by atoms with E-state index in [-0.39, 0.29) is 17.7 Å². The minimum absolute atomic E-state index is 0.0611. The van der Waals surface area contributed by atoms with E-state index < -0.39 is 5.41 Å². The van der Waals surface area contributed by atoms with E-state index in [4.69, 9.17) is 4.52 Å². The van der Waals surface area contributed by atoms with Crippen LogP contribution < -0.4 is 10.2 Å². The van der Waals surface area contributed by atoms with Crippen molar-refractivity contribution in [1.82, 2.24) is 20.4 Å². The maximum Gasteiger partial charge on any atom is 0.254 e. The largest absolute Gasteiger partial charge is 0.361 e. The summed E-state index contributed by atoms with van der Waals surface area (Å²) in [6.45, 7) is 6.94. The highest BCUT2D eigenvalue weighted by atomic mass is 16.5. The van der Waals surface area contributed by atoms with E-state index in [9.17, 15) is 9.59 Å². The maximum atomic E-state index is 13.3. The zero-order valence-corrected chi connectivity index (χ0v) is 18.6. The van der Waals surface area contributed by atoms with Crippen LogP contribution in [0.25, 0.3) is 0 Å². The van der Waals surface area contributed by atoms with E-state index in [0.29, 0.717) is 37.3 Å². The van der Waals surface area contributed by atoms with E-state index in [0.717, 1.165) is 37.4 Å². The number of aromatic nitrogens is 2. The fraction of sp³-hybridized carbons (Fsp3) is 0.565. The first-order valence-electron chi connectivity index (χ1n) is 11.1. The summed E-state index contributed by atoms with van der Waals surface area (Å²) < 4.78 is 5.51. The molecule has 0 radical (unpaired) electrons. The highest BCUT2D eigenvalue weighted by Crippen LogP contribution is 2.36. The number of amides is 2. The van der Waals surface area contributed by atoms with Crippen LogP contribution in [0.1, 0.15) is 60.8 Å². The molecule has 1 N–H and O–H groups in total. The first-order valence-corrected chi connectivity index (χ1v) is 11.1. The Bertz CT molecular complexity index is 950. The zero-order chi connectivity index (χ0) is 22.0. The third-order valence-electron chi connectivity index (χ3n) is 6.45. The molecule has 0 bridgehead atoms. The van der Waals surface area contributed by atoms with Crippen LogP contribution in [0, 0.1) is 5.41 Å². The highest BCUT2D eigenvalue weighted by molar-refractivity contribution is 5.96. The average Bonchev–Trinajstić information content (AvgIpc) is 3.54. The molecule has 4 heterocycles. The van der Waals surface area contributed by atoms with Crippen LogP contribution in [0.3, 0.4) is 0 Å². The lowest BCUT2D eigenvalue weighted by atomic mass is 9.81. The Kier molecular flexibility index (Phi) is 5.98. The van der Waals surface area contributed by atoms with Crippen molar-refractivity contribution in [2.24, 2.45) is 5.41 Å². The molecule has 2 saturated heterocycles. The maximum absolute atomic E-state index is 13.3. The third kappa shape index (κ3) is 4.29. The first kappa shape index (κ1) is 21.3. The van der Waals surface area contributed by atoms with Gasteiger partial charge < -0.3 is 19.6 Å². The van der Waals surface area contributed by atoms with Gasteiger partial charge in [0.1, 0.15) is 11.6 Å². The molecule has 0 spiro atoms. The van der Waals surface area contributed by atoms with Crippen molar-refractivity contribution in [2.75, 3.05) is 38.1 Å². The number of carbonyl (C=O) groups is 2. The lowest BCUT2D eigenvalue weighted by molar-refractivity contribution is -0.130. The molecule has 0 aromatic carbocycles. The van der Waals surface area contributed by atoms with Gasteiger partial charge >= 0.3 is 0 Å². The highest BCUT2D eigenvalue weighted by Gasteiger charge is 2.46. The Morgan fingerprint density at radius 2 is 2.00 bits per heavy atom. The molecule has 2 amide bonds. The molecule has 2 aromatic heterocycles. The molecule has 2 aliphatic rings. The van der Waals surface area contributed by atoms with Gasteiger partial charge in [-0.1, -0.05) is 19.0 Å². The molecular weight excluding hydrogens is 394 g/mol. The van der Waals surface area contributed by atoms with Gasteiger partial charge in [-0.15, -0.1) is 0 Å². The molecular formula is C23H31N5O3. The number of anilines is 1. The quantitative estimate of drug-likeness (QED) is 0.765. The van der Waals surface area contributed by atoms with Gasteiger partial charge in [0.05, 0.1) is 11.1 Å². The summed E-state index contributed by atoms with van der Waals surface area (Å²) in [4.78, 5) is 34.6. The number of hydrogen-bond acceptors (Lipinski definition) is 6. The van der Waals surface area contributed by atoms with Crippen LogP contribution in [0.15, 0.2) is 28.9 Å². The molecule has 2 aromatic rings. The summed E-state index contributed by atoms with van der Waals surface area (Å²) in [6.07, 6.45) is 5.01. The van der Waals surface area contributed by atoms with Crippen molar-refractivity contribution < 1.29 is 14.1 Å². The van der Waals surface area contributed by atoms with Crippen LogP contribution in [-0.4, -0.2) is 60.1 Å². The molecule has 31 heavy (non-hydrogen) atoms. The standard InChI is InChI=1S/C23H31N5O3/c1-16(2)19-13-18(31-26-19)14-23(22(30)24-3)7-11-28(15-23)21(29)17-6-8-25-20(12-17)27-9-4-5-10-27/h6,8,12-13,16H,4-5,7,9-11,14-15H2,1-3H3,(H,24,30)/t23-/m1/s1. The molecule has 0 aliphatic carbocycles. The summed E-state index contributed by atoms with van der Waals surface area (Å²) in [5.74, 6) is 1.66. The topological polar surface area (TPSA) is 91.6 Å². The Hall–Kier alpha value is -2.90. The number of likely N-dealkylation sites (tertiary alicyclic amines) is 1. The van der Waals surface area contributed by atoms with Crippen molar-refractivity contribution in [2.45, 2.75) is 45.4 Å². The lowest BCUT2D eigenvalue weighted by Crippen LogP contribution is -2.44. The summed E-state index contributed by atoms with van der Waals surface area (Å²) >= 11 is 0. The normalized spacial score (nSPS) is 21.2. The third-order valence-corrected chi connectivity index (χ3v) is 6.45. The lowest BCUT2D eigenvalue weighted by Gasteiger charge is -2.26. The number of pyridine rings is 1. The smallest absolute Gasteiger partial charge is 0.254 e. The number of nitrogens with zero attached hydrogens (tertiary/aromatic N) is 4. The molecule has 8 nitrogen and oxygen atoms in total. The van der Waals surface area contributed by atoms with E-state index in [2.05, 4.69) is 34.2 Å². The minimum Gasteiger partial charge on any atom is -0.361 e. The summed E-state index contributed by atoms with van der Waals surface area (Å²) in [5.41, 5.74) is 0.772. The molecule has 166 valence electrons. The van der Waals surface area contributed by atoms with E-state index in [1.165, 1.54) is 0 Å². The molecule has 1 atom stereocenters. The molecule has 2 aliphatic heterocycles. The van der Waals surface area contributed by atoms with E-state index in [1.54, 1.807) is 24.2 Å². The van der Waals surface area contributed by atoms with Gasteiger partial charge in [-0.3, -0.25) is 9.59 Å². The molecule has 0 unspecified atom stereocenters. The molecule has 0 saturated carbocycles. The van der Waals surface area contributed by atoms with Crippen LogP contribution in [0.5, 0.6) is 0 Å². The van der Waals surface area contributed by atoms with E-state index >= 15 is 0 Å². The Labute approximate surface area is 183 Å². The second kappa shape index (κ2) is 8.69. The van der Waals surface area contributed by atoms with Gasteiger partial charge in [0.15, 0.2) is 0 Å². The van der Waals surface area contributed by atoms with Crippen LogP contribution >= 0.6 is 0 Å². The van der Waals surface area contributed by atoms with Crippen molar-refractivity contribution >= 4 is 17.6 Å². The predicted octanol–water partition coefficient (Wildman–Crippen LogP) is 2.61. The Morgan fingerprint density at radius 1 is 1.23 bits per heavy atom. The van der Waals surface area contributed by atoms with E-state index in [1.807, 2.05) is 12.1 Å². The van der Waals surface area contributed by atoms with Gasteiger partial charge in [0.25, 0.3) is 5.91 Å². The summed E-state index contributed by atoms with van der Waals surface area (Å²) in [7, 11) is 1.64. The second-order valence-corrected chi connectivity index (χ2v) is 8.98. The molecule has 2 fully saturated rings. The van der Waals surface area contributed by atoms with Crippen LogP contribution in [0.4, 0.5) is 5.82 Å². The van der Waals surface area contributed by atoms with Gasteiger partial charge in [0, 0.05) is 57.5 Å². The number of nitrogens with one attached hydrogen (secondary N) is 1. The van der Waals surface area contributed by atoms with Gasteiger partial charge in [0.2, 0.25) is 5.91 Å². The molecule has 4 rings (SSSR count). The van der Waals surface area contributed by atoms with Gasteiger partial charge in [-0.05, 0) is 37.3 Å². The number of rotatable bonds is 6. The minimum atomic E-state index is -0.719. The van der Waals surface area contributed by atoms with Gasteiger partial charge in [-0.2, -0.15) is 0 Å². The van der Waals surface area contributed by atoms with Crippen molar-refractivity contribution in [3.63, 3.8) is 0 Å². The number of carbonyl (C=O) groups excluding carboxylic acids is 2. The van der Waals surface area contributed by atoms with Crippen molar-refractivity contribution in [3.8, 4) is 0 Å². The fourth-order valence-electron chi connectivity index (χ4n) is 4.59. The van der Waals surface area contributed by atoms with Crippen LogP contribution in [0.2, 0.25) is 0 Å². The first-order chi connectivity index (χ1) is 14.9. The van der Waals surface area contributed by atoms with Crippen molar-refractivity contribution in [3.05, 3.63) is 41.4 Å². The second-order valence-electron chi connectivity index (χ2n) is 8.98. The predicted molar refractivity (Wildman–Crippen MR) is 117 cm³/mol. The zero-order valence-electron chi connectivity index (χ0n) is 18.6. The summed E-state index contributed by atoms with van der Waals surface area (Å²) in [5, 5.41) is 6.91. The summed E-state index contributed by atoms with van der Waals surface area (Å²) in [6, 6.07) is 5.55. The van der Waals surface area contributed by atoms with Crippen molar-refractivity contribution in [1.29, 1.82) is 0 Å². The fourth-order valence-corrected chi connectivity index (χ4v) is 4.59. The van der Waals surface area contributed by atoms with Crippen LogP contribution in [-0.2, 0) is 11.2 Å².